The van der Waals surface area contributed by atoms with Gasteiger partial charge in [0.2, 0.25) is 0 Å². The van der Waals surface area contributed by atoms with E-state index in [0.717, 1.165) is 11.4 Å². The molecule has 42 heavy (non-hydrogen) atoms. The van der Waals surface area contributed by atoms with Gasteiger partial charge >= 0.3 is 0 Å². The fourth-order valence-electron chi connectivity index (χ4n) is 7.18. The molecule has 3 nitrogen and oxygen atoms in total. The number of halogens is 1. The van der Waals surface area contributed by atoms with Gasteiger partial charge in [0.15, 0.2) is 6.17 Å². The van der Waals surface area contributed by atoms with Crippen molar-refractivity contribution in [1.29, 1.82) is 0 Å². The summed E-state index contributed by atoms with van der Waals surface area (Å²) in [5, 5.41) is 6.81. The number of allylic oxidation sites excluding steroid dienone is 4. The van der Waals surface area contributed by atoms with Crippen molar-refractivity contribution in [3.63, 3.8) is 0 Å². The molecule has 8 rings (SSSR count). The van der Waals surface area contributed by atoms with Crippen molar-refractivity contribution < 1.29 is 5.32 Å². The predicted molar refractivity (Wildman–Crippen MR) is 174 cm³/mol. The minimum absolute atomic E-state index is 0.127. The fraction of sp³-hybridized carbons (Fsp3) is 0.105. The van der Waals surface area contributed by atoms with Crippen LogP contribution < -0.4 is 10.6 Å². The lowest BCUT2D eigenvalue weighted by Gasteiger charge is -2.40. The Kier molecular flexibility index (Phi) is 6.11. The molecule has 0 bridgehead atoms. The number of nitrogens with two attached hydrogens (primary N) is 1. The lowest BCUT2D eigenvalue weighted by Crippen LogP contribution is -2.93. The van der Waals surface area contributed by atoms with Gasteiger partial charge in [0, 0.05) is 33.9 Å². The van der Waals surface area contributed by atoms with E-state index < -0.39 is 0 Å². The third kappa shape index (κ3) is 3.97. The van der Waals surface area contributed by atoms with Gasteiger partial charge in [-0.3, -0.25) is 5.32 Å². The van der Waals surface area contributed by atoms with Crippen LogP contribution in [0.4, 0.5) is 11.4 Å². The summed E-state index contributed by atoms with van der Waals surface area (Å²) in [7, 11) is 2.27. The number of benzene rings is 4. The van der Waals surface area contributed by atoms with Crippen molar-refractivity contribution in [2.24, 2.45) is 0 Å². The van der Waals surface area contributed by atoms with E-state index in [-0.39, 0.29) is 18.1 Å². The molecule has 4 aromatic rings. The minimum atomic E-state index is 0.127. The highest BCUT2D eigenvalue weighted by molar-refractivity contribution is 6.33. The number of hydrogen-bond acceptors (Lipinski definition) is 2. The maximum Gasteiger partial charge on any atom is 0.174 e. The highest BCUT2D eigenvalue weighted by Gasteiger charge is 2.44. The van der Waals surface area contributed by atoms with E-state index in [1.165, 1.54) is 50.2 Å². The summed E-state index contributed by atoms with van der Waals surface area (Å²) >= 11 is 6.53. The minimum Gasteiger partial charge on any atom is -0.354 e. The highest BCUT2D eigenvalue weighted by atomic mass is 35.5. The summed E-state index contributed by atoms with van der Waals surface area (Å²) in [6, 6.07) is 34.6. The lowest BCUT2D eigenvalue weighted by atomic mass is 9.81. The molecule has 0 amide bonds. The molecule has 3 aliphatic carbocycles. The van der Waals surface area contributed by atoms with E-state index in [0.29, 0.717) is 5.02 Å². The molecule has 1 aliphatic heterocycles. The van der Waals surface area contributed by atoms with Gasteiger partial charge in [-0.2, -0.15) is 0 Å². The number of hydrogen-bond donors (Lipinski definition) is 2. The SMILES string of the molecule is CN1C2C=CC=CC2=C(c2ccccc2)[NH2+]C1C1=C2C=Cc3c(Nc4ccccc4Cl)cccc3C2c2ccccc21. The molecule has 0 radical (unpaired) electrons. The second kappa shape index (κ2) is 10.1. The first-order chi connectivity index (χ1) is 20.7. The molecule has 4 aliphatic rings. The quantitative estimate of drug-likeness (QED) is 0.265. The number of likely N-dealkylation sites (N-methyl/N-ethyl adjacent to an activating group) is 1. The highest BCUT2D eigenvalue weighted by Crippen LogP contribution is 2.52. The van der Waals surface area contributed by atoms with Gasteiger partial charge in [-0.1, -0.05) is 115 Å². The largest absolute Gasteiger partial charge is 0.354 e. The van der Waals surface area contributed by atoms with Gasteiger partial charge < -0.3 is 5.32 Å². The topological polar surface area (TPSA) is 31.9 Å². The molecule has 3 atom stereocenters. The zero-order chi connectivity index (χ0) is 28.2. The summed E-state index contributed by atoms with van der Waals surface area (Å²) in [5.41, 5.74) is 14.0. The molecular formula is C38H31ClN3+. The Labute approximate surface area is 251 Å². The van der Waals surface area contributed by atoms with Crippen molar-refractivity contribution in [3.05, 3.63) is 171 Å². The second-order valence-corrected chi connectivity index (χ2v) is 11.7. The summed E-state index contributed by atoms with van der Waals surface area (Å²) in [4.78, 5) is 2.53. The standard InChI is InChI=1S/C38H30ClN3/c1-42-34-21-10-7-16-29(34)37(24-12-3-2-4-13-24)41-38(42)36-28-15-6-5-14-27(28)35-26-17-11-20-32(25(26)22-23-30(35)36)40-33-19-9-8-18-31(33)39/h2-23,34-35,38,40-41H,1H3/p+1. The molecule has 1 heterocycles. The third-order valence-corrected chi connectivity index (χ3v) is 9.43. The summed E-state index contributed by atoms with van der Waals surface area (Å²) in [5.74, 6) is 0.179. The summed E-state index contributed by atoms with van der Waals surface area (Å²) in [6.45, 7) is 0. The van der Waals surface area contributed by atoms with Crippen LogP contribution >= 0.6 is 11.6 Å². The molecule has 0 spiro atoms. The van der Waals surface area contributed by atoms with E-state index in [9.17, 15) is 0 Å². The Morgan fingerprint density at radius 3 is 2.36 bits per heavy atom. The van der Waals surface area contributed by atoms with Crippen LogP contribution in [-0.2, 0) is 0 Å². The molecular weight excluding hydrogens is 534 g/mol. The fourth-order valence-corrected chi connectivity index (χ4v) is 7.36. The Morgan fingerprint density at radius 2 is 1.48 bits per heavy atom. The third-order valence-electron chi connectivity index (χ3n) is 9.10. The lowest BCUT2D eigenvalue weighted by molar-refractivity contribution is -0.616. The number of rotatable bonds is 4. The molecule has 3 N–H and O–H groups in total. The molecule has 0 fully saturated rings. The van der Waals surface area contributed by atoms with Gasteiger partial charge in [0.25, 0.3) is 0 Å². The molecule has 3 unspecified atom stereocenters. The molecule has 0 aromatic heterocycles. The van der Waals surface area contributed by atoms with E-state index in [4.69, 9.17) is 11.6 Å². The number of anilines is 2. The van der Waals surface area contributed by atoms with Crippen molar-refractivity contribution >= 4 is 40.3 Å². The summed E-state index contributed by atoms with van der Waals surface area (Å²) < 4.78 is 0. The summed E-state index contributed by atoms with van der Waals surface area (Å²) in [6.07, 6.45) is 13.7. The van der Waals surface area contributed by atoms with E-state index in [1.807, 2.05) is 24.3 Å². The van der Waals surface area contributed by atoms with Crippen molar-refractivity contribution in [3.8, 4) is 0 Å². The average Bonchev–Trinajstić information content (AvgIpc) is 3.38. The first-order valence-electron chi connectivity index (χ1n) is 14.6. The van der Waals surface area contributed by atoms with Crippen LogP contribution in [0, 0.1) is 0 Å². The van der Waals surface area contributed by atoms with Crippen LogP contribution in [0.1, 0.15) is 33.7 Å². The maximum atomic E-state index is 6.53. The van der Waals surface area contributed by atoms with Gasteiger partial charge in [-0.05, 0) is 59.6 Å². The van der Waals surface area contributed by atoms with Gasteiger partial charge in [0.05, 0.1) is 16.8 Å². The van der Waals surface area contributed by atoms with E-state index in [2.05, 4.69) is 132 Å². The monoisotopic (exact) mass is 564 g/mol. The molecule has 4 aromatic carbocycles. The second-order valence-electron chi connectivity index (χ2n) is 11.3. The normalized spacial score (nSPS) is 22.1. The van der Waals surface area contributed by atoms with Gasteiger partial charge in [-0.25, -0.2) is 4.90 Å². The number of para-hydroxylation sites is 1. The van der Waals surface area contributed by atoms with Crippen LogP contribution in [0.3, 0.4) is 0 Å². The Balaban J connectivity index is 1.27. The molecule has 204 valence electrons. The van der Waals surface area contributed by atoms with Crippen molar-refractivity contribution in [2.75, 3.05) is 12.4 Å². The van der Waals surface area contributed by atoms with E-state index >= 15 is 0 Å². The smallest absolute Gasteiger partial charge is 0.174 e. The Hall–Kier alpha value is -4.41. The average molecular weight is 565 g/mol. The maximum absolute atomic E-state index is 6.53. The first kappa shape index (κ1) is 25.3. The van der Waals surface area contributed by atoms with Gasteiger partial charge in [0.1, 0.15) is 5.70 Å². The van der Waals surface area contributed by atoms with Crippen molar-refractivity contribution in [2.45, 2.75) is 18.1 Å². The molecule has 0 saturated heterocycles. The zero-order valence-corrected chi connectivity index (χ0v) is 24.1. The van der Waals surface area contributed by atoms with Crippen molar-refractivity contribution in [1.82, 2.24) is 4.90 Å². The van der Waals surface area contributed by atoms with Crippen LogP contribution in [0.5, 0.6) is 0 Å². The number of nitrogens with one attached hydrogen (secondary N) is 1. The molecule has 0 saturated carbocycles. The van der Waals surface area contributed by atoms with E-state index in [1.54, 1.807) is 0 Å². The van der Waals surface area contributed by atoms with Crippen LogP contribution in [0.25, 0.3) is 17.3 Å². The Bertz CT molecular complexity index is 1880. The van der Waals surface area contributed by atoms with Crippen LogP contribution in [0.15, 0.2) is 139 Å². The Morgan fingerprint density at radius 1 is 0.714 bits per heavy atom. The number of nitrogens with zero attached hydrogens (tertiary/aromatic N) is 1. The van der Waals surface area contributed by atoms with Crippen LogP contribution in [0.2, 0.25) is 5.02 Å². The predicted octanol–water partition coefficient (Wildman–Crippen LogP) is 7.75. The number of quaternary nitrogens is 1. The first-order valence-corrected chi connectivity index (χ1v) is 14.9. The van der Waals surface area contributed by atoms with Crippen LogP contribution in [-0.4, -0.2) is 24.2 Å². The number of fused-ring (bicyclic) bond motifs is 6. The zero-order valence-electron chi connectivity index (χ0n) is 23.3. The molecule has 4 heteroatoms. The van der Waals surface area contributed by atoms with Gasteiger partial charge in [-0.15, -0.1) is 0 Å².